The molecule has 0 radical (unpaired) electrons. The molecule has 6 unspecified atom stereocenters. The van der Waals surface area contributed by atoms with Crippen molar-refractivity contribution in [3.05, 3.63) is 48.6 Å². The van der Waals surface area contributed by atoms with E-state index in [1.165, 1.54) is 21.3 Å². The topological polar surface area (TPSA) is 0 Å². The molecule has 5 aliphatic rings. The molecule has 0 aromatic heterocycles. The molecule has 2 saturated carbocycles. The molecule has 0 amide bonds. The van der Waals surface area contributed by atoms with Crippen LogP contribution in [0.15, 0.2) is 48.6 Å². The Labute approximate surface area is 156 Å². The van der Waals surface area contributed by atoms with Crippen LogP contribution in [0.25, 0.3) is 0 Å². The van der Waals surface area contributed by atoms with Crippen molar-refractivity contribution in [2.45, 2.75) is 43.6 Å². The van der Waals surface area contributed by atoms with Crippen molar-refractivity contribution in [2.24, 2.45) is 23.7 Å². The smallest absolute Gasteiger partial charge is 0.147 e. The maximum Gasteiger partial charge on any atom is -0.147 e. The normalized spacial score (nSPS) is 44.2. The van der Waals surface area contributed by atoms with E-state index in [9.17, 15) is 0 Å². The Morgan fingerprint density at radius 2 is 1.00 bits per heavy atom. The van der Waals surface area contributed by atoms with Crippen molar-refractivity contribution in [1.82, 2.24) is 0 Å². The van der Waals surface area contributed by atoms with Gasteiger partial charge in [-0.05, 0) is 0 Å². The monoisotopic (exact) mass is 386 g/mol. The summed E-state index contributed by atoms with van der Waals surface area (Å²) >= 11 is -1.56. The number of halogens is 2. The molecule has 6 atom stereocenters. The average molecular weight is 387 g/mol. The molecule has 3 heteroatoms. The number of fused-ring (bicyclic) bond motifs is 2. The first-order valence-electron chi connectivity index (χ1n) is 9.08. The standard InChI is InChI=1S/2C9H11.C2H4.2ClH.Ti/c2*1-2-5-9-7-3-6-8(9)4-1;1-2;;;/h2*1-2,4-6,8-9H,3,7H2;1-2H2;2*1H;. The summed E-state index contributed by atoms with van der Waals surface area (Å²) in [5, 5.41) is 0. The average Bonchev–Trinajstić information content (AvgIpc) is 3.03. The zero-order valence-corrected chi connectivity index (χ0v) is 16.8. The maximum absolute atomic E-state index is 2.59. The first-order chi connectivity index (χ1) is 10.4. The van der Waals surface area contributed by atoms with Crippen molar-refractivity contribution in [3.63, 3.8) is 0 Å². The van der Waals surface area contributed by atoms with Crippen LogP contribution in [0, 0.1) is 23.7 Å². The Balaban J connectivity index is 0.000000781. The zero-order valence-electron chi connectivity index (χ0n) is 13.6. The summed E-state index contributed by atoms with van der Waals surface area (Å²) in [4.78, 5) is 0. The molecule has 0 aromatic rings. The second kappa shape index (κ2) is 6.87. The fraction of sp³-hybridized carbons (Fsp3) is 0.600. The van der Waals surface area contributed by atoms with E-state index < -0.39 is 16.6 Å². The SMILES string of the molecule is C1=CC2CC[CH]([Ti]3([CH]4CCC5C=CC=CC54)[CH2][CH2]3)C2C=C1.Cl.Cl. The van der Waals surface area contributed by atoms with Gasteiger partial charge in [-0.25, -0.2) is 0 Å². The number of hydrogen-bond acceptors (Lipinski definition) is 0. The molecular weight excluding hydrogens is 359 g/mol. The minimum atomic E-state index is -1.56. The van der Waals surface area contributed by atoms with Gasteiger partial charge in [0.05, 0.1) is 0 Å². The minimum absolute atomic E-state index is 0. The molecular formula is C20H28Cl2Ti. The van der Waals surface area contributed by atoms with Crippen molar-refractivity contribution in [2.75, 3.05) is 0 Å². The third kappa shape index (κ3) is 2.79. The molecule has 1 aliphatic heterocycles. The number of rotatable bonds is 2. The Bertz CT molecular complexity index is 512. The van der Waals surface area contributed by atoms with E-state index in [0.717, 1.165) is 23.7 Å². The number of hydrogen-bond donors (Lipinski definition) is 0. The molecule has 0 bridgehead atoms. The molecule has 4 aliphatic carbocycles. The molecule has 1 saturated heterocycles. The zero-order chi connectivity index (χ0) is 13.9. The Morgan fingerprint density at radius 3 is 1.43 bits per heavy atom. The van der Waals surface area contributed by atoms with E-state index in [4.69, 9.17) is 0 Å². The van der Waals surface area contributed by atoms with Gasteiger partial charge in [-0.3, -0.25) is 0 Å². The first-order valence-corrected chi connectivity index (χ1v) is 13.1. The van der Waals surface area contributed by atoms with E-state index >= 15 is 0 Å². The van der Waals surface area contributed by atoms with Crippen LogP contribution in [0.5, 0.6) is 0 Å². The van der Waals surface area contributed by atoms with Crippen molar-refractivity contribution in [1.29, 1.82) is 0 Å². The van der Waals surface area contributed by atoms with Gasteiger partial charge < -0.3 is 0 Å². The molecule has 0 N–H and O–H groups in total. The predicted molar refractivity (Wildman–Crippen MR) is 101 cm³/mol. The predicted octanol–water partition coefficient (Wildman–Crippen LogP) is 6.72. The maximum atomic E-state index is 2.59. The van der Waals surface area contributed by atoms with E-state index in [1.807, 2.05) is 0 Å². The van der Waals surface area contributed by atoms with Crippen molar-refractivity contribution < 1.29 is 16.6 Å². The fourth-order valence-corrected chi connectivity index (χ4v) is 17.7. The van der Waals surface area contributed by atoms with Gasteiger partial charge >= 0.3 is 132 Å². The molecule has 0 spiro atoms. The van der Waals surface area contributed by atoms with Crippen LogP contribution in [-0.2, 0) is 16.6 Å². The summed E-state index contributed by atoms with van der Waals surface area (Å²) in [5.74, 6) is 3.70. The molecule has 1 heterocycles. The Morgan fingerprint density at radius 1 is 0.565 bits per heavy atom. The van der Waals surface area contributed by atoms with E-state index in [0.29, 0.717) is 0 Å². The molecule has 23 heavy (non-hydrogen) atoms. The van der Waals surface area contributed by atoms with Crippen LogP contribution in [0.4, 0.5) is 0 Å². The summed E-state index contributed by atoms with van der Waals surface area (Å²) in [5.41, 5.74) is 0. The number of allylic oxidation sites excluding steroid dienone is 8. The molecule has 0 aromatic carbocycles. The van der Waals surface area contributed by atoms with Crippen LogP contribution < -0.4 is 0 Å². The Kier molecular flexibility index (Phi) is 5.39. The van der Waals surface area contributed by atoms with Gasteiger partial charge in [0.1, 0.15) is 0 Å². The van der Waals surface area contributed by atoms with Gasteiger partial charge in [-0.2, -0.15) is 0 Å². The van der Waals surface area contributed by atoms with Crippen molar-refractivity contribution in [3.8, 4) is 0 Å². The van der Waals surface area contributed by atoms with E-state index in [1.54, 1.807) is 22.3 Å². The minimum Gasteiger partial charge on any atom is -0.147 e. The summed E-state index contributed by atoms with van der Waals surface area (Å²) in [6.07, 6.45) is 25.6. The molecule has 0 nitrogen and oxygen atoms in total. The second-order valence-electron chi connectivity index (χ2n) is 8.12. The van der Waals surface area contributed by atoms with Crippen LogP contribution in [-0.4, -0.2) is 0 Å². The molecule has 5 rings (SSSR count). The third-order valence-corrected chi connectivity index (χ3v) is 16.7. The van der Waals surface area contributed by atoms with Gasteiger partial charge in [0.15, 0.2) is 0 Å². The van der Waals surface area contributed by atoms with Gasteiger partial charge in [0.25, 0.3) is 0 Å². The molecule has 126 valence electrons. The van der Waals surface area contributed by atoms with Crippen LogP contribution in [0.2, 0.25) is 17.9 Å². The van der Waals surface area contributed by atoms with Gasteiger partial charge in [0.2, 0.25) is 0 Å². The second-order valence-corrected chi connectivity index (χ2v) is 15.9. The summed E-state index contributed by atoms with van der Waals surface area (Å²) < 4.78 is 5.74. The van der Waals surface area contributed by atoms with Crippen molar-refractivity contribution >= 4 is 24.8 Å². The van der Waals surface area contributed by atoms with E-state index in [2.05, 4.69) is 48.6 Å². The van der Waals surface area contributed by atoms with Crippen LogP contribution >= 0.6 is 24.8 Å². The fourth-order valence-electron chi connectivity index (χ4n) is 6.41. The molecule has 3 fully saturated rings. The van der Waals surface area contributed by atoms with Gasteiger partial charge in [-0.15, -0.1) is 24.8 Å². The summed E-state index contributed by atoms with van der Waals surface area (Å²) in [6, 6.07) is 0. The van der Waals surface area contributed by atoms with Gasteiger partial charge in [-0.1, -0.05) is 0 Å². The first kappa shape index (κ1) is 18.1. The van der Waals surface area contributed by atoms with Crippen LogP contribution in [0.3, 0.4) is 0 Å². The third-order valence-electron chi connectivity index (χ3n) is 7.45. The summed E-state index contributed by atoms with van der Waals surface area (Å²) in [7, 11) is 0. The van der Waals surface area contributed by atoms with Crippen LogP contribution in [0.1, 0.15) is 25.7 Å². The quantitative estimate of drug-likeness (QED) is 0.462. The largest absolute Gasteiger partial charge is 0.147 e. The van der Waals surface area contributed by atoms with Gasteiger partial charge in [0, 0.05) is 0 Å². The Hall–Kier alpha value is 0.254. The summed E-state index contributed by atoms with van der Waals surface area (Å²) in [6.45, 7) is 0. The van der Waals surface area contributed by atoms with E-state index in [-0.39, 0.29) is 24.8 Å².